The van der Waals surface area contributed by atoms with E-state index in [9.17, 15) is 9.18 Å². The molecule has 1 atom stereocenters. The van der Waals surface area contributed by atoms with Crippen molar-refractivity contribution in [3.63, 3.8) is 0 Å². The molecule has 1 unspecified atom stereocenters. The number of carbonyl (C=O) groups excluding carboxylic acids is 1. The number of benzene rings is 3. The summed E-state index contributed by atoms with van der Waals surface area (Å²) in [5.74, 6) is -0.858. The van der Waals surface area contributed by atoms with Crippen LogP contribution in [0.4, 0.5) is 10.1 Å². The lowest BCUT2D eigenvalue weighted by Gasteiger charge is -2.40. The number of nitrogens with zero attached hydrogens (tertiary/aromatic N) is 2. The lowest BCUT2D eigenvalue weighted by molar-refractivity contribution is 0.0593. The molecule has 1 heterocycles. The minimum absolute atomic E-state index is 0.0289. The topological polar surface area (TPSA) is 49.6 Å². The Morgan fingerprint density at radius 3 is 2.13 bits per heavy atom. The van der Waals surface area contributed by atoms with Gasteiger partial charge < -0.3 is 10.6 Å². The number of nitrogens with two attached hydrogens (primary N) is 1. The van der Waals surface area contributed by atoms with Gasteiger partial charge in [-0.25, -0.2) is 4.39 Å². The zero-order chi connectivity index (χ0) is 22.0. The van der Waals surface area contributed by atoms with Gasteiger partial charge in [-0.1, -0.05) is 53.6 Å². The quantitative estimate of drug-likeness (QED) is 0.589. The van der Waals surface area contributed by atoms with Gasteiger partial charge >= 0.3 is 0 Å². The fourth-order valence-corrected chi connectivity index (χ4v) is 4.19. The molecule has 0 bridgehead atoms. The summed E-state index contributed by atoms with van der Waals surface area (Å²) in [4.78, 5) is 16.9. The van der Waals surface area contributed by atoms with E-state index in [0.717, 1.165) is 5.56 Å². The van der Waals surface area contributed by atoms with E-state index in [-0.39, 0.29) is 17.5 Å². The number of anilines is 1. The Balaban J connectivity index is 1.55. The fraction of sp³-hybridized carbons (Fsp3) is 0.240. The molecule has 0 saturated carbocycles. The SMILES string of the molecule is Cc1ccc(C(c2ccc(Cl)cc2)N2CCN(C(=O)c3cc(N)ccc3F)CC2)cc1. The number of aryl methyl sites for hydroxylation is 1. The maximum Gasteiger partial charge on any atom is 0.256 e. The van der Waals surface area contributed by atoms with Crippen LogP contribution in [0.5, 0.6) is 0 Å². The van der Waals surface area contributed by atoms with E-state index in [0.29, 0.717) is 36.9 Å². The predicted octanol–water partition coefficient (Wildman–Crippen LogP) is 4.92. The third kappa shape index (κ3) is 4.73. The molecule has 0 radical (unpaired) electrons. The molecule has 1 amide bonds. The average molecular weight is 438 g/mol. The first-order chi connectivity index (χ1) is 14.9. The van der Waals surface area contributed by atoms with Crippen molar-refractivity contribution in [3.05, 3.63) is 99.8 Å². The highest BCUT2D eigenvalue weighted by molar-refractivity contribution is 6.30. The second-order valence-electron chi connectivity index (χ2n) is 7.93. The molecule has 1 fully saturated rings. The first-order valence-electron chi connectivity index (χ1n) is 10.3. The summed E-state index contributed by atoms with van der Waals surface area (Å²) in [5.41, 5.74) is 9.70. The van der Waals surface area contributed by atoms with Crippen LogP contribution in [0, 0.1) is 12.7 Å². The third-order valence-corrected chi connectivity index (χ3v) is 6.02. The molecule has 2 N–H and O–H groups in total. The molecule has 0 aliphatic carbocycles. The van der Waals surface area contributed by atoms with Crippen LogP contribution >= 0.6 is 11.6 Å². The molecular formula is C25H25ClFN3O. The standard InChI is InChI=1S/C25H25ClFN3O/c1-17-2-4-18(5-3-17)24(19-6-8-20(26)9-7-19)29-12-14-30(15-13-29)25(31)22-16-21(28)10-11-23(22)27/h2-11,16,24H,12-15,28H2,1H3. The van der Waals surface area contributed by atoms with Crippen LogP contribution in [0.3, 0.4) is 0 Å². The second kappa shape index (κ2) is 9.08. The van der Waals surface area contributed by atoms with Crippen molar-refractivity contribution in [2.75, 3.05) is 31.9 Å². The lowest BCUT2D eigenvalue weighted by Crippen LogP contribution is -2.50. The molecular weight excluding hydrogens is 413 g/mol. The van der Waals surface area contributed by atoms with E-state index in [2.05, 4.69) is 36.1 Å². The lowest BCUT2D eigenvalue weighted by atomic mass is 9.95. The number of amides is 1. The summed E-state index contributed by atoms with van der Waals surface area (Å²) in [6.45, 7) is 4.46. The smallest absolute Gasteiger partial charge is 0.256 e. The maximum absolute atomic E-state index is 14.2. The Morgan fingerprint density at radius 1 is 0.935 bits per heavy atom. The summed E-state index contributed by atoms with van der Waals surface area (Å²) in [6.07, 6.45) is 0. The van der Waals surface area contributed by atoms with E-state index in [4.69, 9.17) is 17.3 Å². The molecule has 6 heteroatoms. The highest BCUT2D eigenvalue weighted by Gasteiger charge is 2.29. The zero-order valence-electron chi connectivity index (χ0n) is 17.4. The van der Waals surface area contributed by atoms with Crippen LogP contribution in [0.25, 0.3) is 0 Å². The normalized spacial score (nSPS) is 15.6. The van der Waals surface area contributed by atoms with E-state index in [1.807, 2.05) is 24.3 Å². The van der Waals surface area contributed by atoms with Crippen LogP contribution in [0.15, 0.2) is 66.7 Å². The number of hydrogen-bond donors (Lipinski definition) is 1. The maximum atomic E-state index is 14.2. The van der Waals surface area contributed by atoms with Gasteiger partial charge in [-0.3, -0.25) is 9.69 Å². The van der Waals surface area contributed by atoms with Gasteiger partial charge in [-0.2, -0.15) is 0 Å². The molecule has 1 aliphatic heterocycles. The first-order valence-corrected chi connectivity index (χ1v) is 10.7. The number of halogens is 2. The highest BCUT2D eigenvalue weighted by Crippen LogP contribution is 2.31. The number of nitrogen functional groups attached to an aromatic ring is 1. The van der Waals surface area contributed by atoms with Crippen molar-refractivity contribution in [3.8, 4) is 0 Å². The minimum atomic E-state index is -0.541. The van der Waals surface area contributed by atoms with Gasteiger partial charge in [0.25, 0.3) is 5.91 Å². The number of piperazine rings is 1. The Kier molecular flexibility index (Phi) is 6.25. The van der Waals surface area contributed by atoms with E-state index in [1.165, 1.54) is 29.3 Å². The van der Waals surface area contributed by atoms with Gasteiger partial charge in [-0.15, -0.1) is 0 Å². The molecule has 3 aromatic rings. The van der Waals surface area contributed by atoms with Crippen molar-refractivity contribution in [1.29, 1.82) is 0 Å². The van der Waals surface area contributed by atoms with Crippen LogP contribution in [0.2, 0.25) is 5.02 Å². The van der Waals surface area contributed by atoms with Gasteiger partial charge in [0.1, 0.15) is 5.82 Å². The Morgan fingerprint density at radius 2 is 1.52 bits per heavy atom. The van der Waals surface area contributed by atoms with Crippen LogP contribution in [-0.2, 0) is 0 Å². The minimum Gasteiger partial charge on any atom is -0.399 e. The van der Waals surface area contributed by atoms with Crippen molar-refractivity contribution in [1.82, 2.24) is 9.80 Å². The predicted molar refractivity (Wildman–Crippen MR) is 123 cm³/mol. The Bertz CT molecular complexity index is 1020. The first kappa shape index (κ1) is 21.3. The summed E-state index contributed by atoms with van der Waals surface area (Å²) < 4.78 is 14.2. The molecule has 0 aromatic heterocycles. The van der Waals surface area contributed by atoms with Gasteiger partial charge in [-0.05, 0) is 48.4 Å². The van der Waals surface area contributed by atoms with Crippen molar-refractivity contribution in [2.45, 2.75) is 13.0 Å². The summed E-state index contributed by atoms with van der Waals surface area (Å²) >= 11 is 6.11. The van der Waals surface area contributed by atoms with Crippen molar-refractivity contribution in [2.24, 2.45) is 0 Å². The molecule has 1 saturated heterocycles. The monoisotopic (exact) mass is 437 g/mol. The molecule has 160 valence electrons. The number of rotatable bonds is 4. The molecule has 31 heavy (non-hydrogen) atoms. The number of hydrogen-bond acceptors (Lipinski definition) is 3. The largest absolute Gasteiger partial charge is 0.399 e. The third-order valence-electron chi connectivity index (χ3n) is 5.77. The Labute approximate surface area is 187 Å². The summed E-state index contributed by atoms with van der Waals surface area (Å²) in [7, 11) is 0. The van der Waals surface area contributed by atoms with Gasteiger partial charge in [0.15, 0.2) is 0 Å². The van der Waals surface area contributed by atoms with Gasteiger partial charge in [0.05, 0.1) is 11.6 Å². The molecule has 0 spiro atoms. The summed E-state index contributed by atoms with van der Waals surface area (Å²) in [6, 6.07) is 20.6. The van der Waals surface area contributed by atoms with Crippen LogP contribution in [0.1, 0.15) is 33.1 Å². The zero-order valence-corrected chi connectivity index (χ0v) is 18.1. The van der Waals surface area contributed by atoms with Crippen molar-refractivity contribution >= 4 is 23.2 Å². The summed E-state index contributed by atoms with van der Waals surface area (Å²) in [5, 5.41) is 0.700. The molecule has 1 aliphatic rings. The second-order valence-corrected chi connectivity index (χ2v) is 8.37. The van der Waals surface area contributed by atoms with Crippen LogP contribution < -0.4 is 5.73 Å². The molecule has 3 aromatic carbocycles. The van der Waals surface area contributed by atoms with E-state index >= 15 is 0 Å². The number of carbonyl (C=O) groups is 1. The fourth-order valence-electron chi connectivity index (χ4n) is 4.07. The van der Waals surface area contributed by atoms with Crippen LogP contribution in [-0.4, -0.2) is 41.9 Å². The molecule has 4 rings (SSSR count). The highest BCUT2D eigenvalue weighted by atomic mass is 35.5. The van der Waals surface area contributed by atoms with Gasteiger partial charge in [0.2, 0.25) is 0 Å². The Hall–Kier alpha value is -2.89. The molecule has 4 nitrogen and oxygen atoms in total. The van der Waals surface area contributed by atoms with E-state index in [1.54, 1.807) is 4.90 Å². The van der Waals surface area contributed by atoms with Gasteiger partial charge in [0, 0.05) is 36.9 Å². The van der Waals surface area contributed by atoms with Crippen molar-refractivity contribution < 1.29 is 9.18 Å². The average Bonchev–Trinajstić information content (AvgIpc) is 2.78. The van der Waals surface area contributed by atoms with E-state index < -0.39 is 5.82 Å².